The van der Waals surface area contributed by atoms with Crippen molar-refractivity contribution in [3.8, 4) is 17.2 Å². The molecule has 1 heterocycles. The number of anilines is 1. The van der Waals surface area contributed by atoms with E-state index in [-0.39, 0.29) is 23.5 Å². The largest absolute Gasteiger partial charge is 0.486 e. The van der Waals surface area contributed by atoms with Crippen molar-refractivity contribution < 1.29 is 33.6 Å². The predicted octanol–water partition coefficient (Wildman–Crippen LogP) is 1.60. The molecule has 0 radical (unpaired) electrons. The normalized spacial score (nSPS) is 12.6. The van der Waals surface area contributed by atoms with Crippen LogP contribution in [0.5, 0.6) is 17.2 Å². The van der Waals surface area contributed by atoms with Gasteiger partial charge >= 0.3 is 0 Å². The second-order valence-corrected chi connectivity index (χ2v) is 5.56. The molecule has 0 saturated carbocycles. The summed E-state index contributed by atoms with van der Waals surface area (Å²) in [6.07, 6.45) is 0. The maximum Gasteiger partial charge on any atom is 0.262 e. The molecule has 1 aliphatic rings. The lowest BCUT2D eigenvalue weighted by molar-refractivity contribution is -0.118. The van der Waals surface area contributed by atoms with Gasteiger partial charge in [0.1, 0.15) is 24.8 Å². The van der Waals surface area contributed by atoms with Crippen LogP contribution in [0.15, 0.2) is 30.3 Å². The van der Waals surface area contributed by atoms with Gasteiger partial charge in [0.25, 0.3) is 5.91 Å². The molecule has 7 nitrogen and oxygen atoms in total. The van der Waals surface area contributed by atoms with Gasteiger partial charge in [-0.2, -0.15) is 0 Å². The number of aliphatic hydroxyl groups excluding tert-OH is 2. The molecule has 0 spiro atoms. The number of nitrogens with one attached hydrogen (secondary N) is 1. The Morgan fingerprint density at radius 1 is 1.08 bits per heavy atom. The standard InChI is InChI=1S/C18H18FNO6/c19-13-5-11(8-21)18(12(6-13)9-22)26-10-17(23)20-14-1-2-15-16(7-14)25-4-3-24-15/h1-2,5-7,21-22H,3-4,8-10H2,(H,20,23). The van der Waals surface area contributed by atoms with Gasteiger partial charge in [-0.3, -0.25) is 4.79 Å². The Kier molecular flexibility index (Phi) is 5.55. The topological polar surface area (TPSA) is 97.3 Å². The number of aliphatic hydroxyl groups is 2. The Labute approximate surface area is 148 Å². The van der Waals surface area contributed by atoms with Crippen LogP contribution in [0.2, 0.25) is 0 Å². The summed E-state index contributed by atoms with van der Waals surface area (Å²) < 4.78 is 29.7. The number of halogens is 1. The lowest BCUT2D eigenvalue weighted by Crippen LogP contribution is -2.21. The number of carbonyl (C=O) groups is 1. The van der Waals surface area contributed by atoms with Crippen LogP contribution in [0.4, 0.5) is 10.1 Å². The molecule has 8 heteroatoms. The second-order valence-electron chi connectivity index (χ2n) is 5.56. The second kappa shape index (κ2) is 8.03. The molecule has 138 valence electrons. The zero-order valence-electron chi connectivity index (χ0n) is 13.8. The highest BCUT2D eigenvalue weighted by Crippen LogP contribution is 2.32. The summed E-state index contributed by atoms with van der Waals surface area (Å²) in [6.45, 7) is -0.426. The van der Waals surface area contributed by atoms with Crippen LogP contribution >= 0.6 is 0 Å². The average Bonchev–Trinajstić information content (AvgIpc) is 2.66. The third kappa shape index (κ3) is 4.04. The van der Waals surface area contributed by atoms with Gasteiger partial charge in [-0.1, -0.05) is 0 Å². The van der Waals surface area contributed by atoms with Crippen LogP contribution in [0.1, 0.15) is 11.1 Å². The van der Waals surface area contributed by atoms with E-state index >= 15 is 0 Å². The summed E-state index contributed by atoms with van der Waals surface area (Å²) in [5, 5.41) is 21.3. The minimum absolute atomic E-state index is 0.0914. The number of carbonyl (C=O) groups excluding carboxylic acids is 1. The highest BCUT2D eigenvalue weighted by molar-refractivity contribution is 5.92. The van der Waals surface area contributed by atoms with Crippen molar-refractivity contribution >= 4 is 11.6 Å². The summed E-state index contributed by atoms with van der Waals surface area (Å²) >= 11 is 0. The number of fused-ring (bicyclic) bond motifs is 1. The van der Waals surface area contributed by atoms with E-state index in [9.17, 15) is 19.4 Å². The van der Waals surface area contributed by atoms with Crippen molar-refractivity contribution in [1.82, 2.24) is 0 Å². The minimum atomic E-state index is -0.605. The Hall–Kier alpha value is -2.84. The lowest BCUT2D eigenvalue weighted by Gasteiger charge is -2.19. The average molecular weight is 363 g/mol. The van der Waals surface area contributed by atoms with E-state index in [1.807, 2.05) is 0 Å². The van der Waals surface area contributed by atoms with Crippen LogP contribution in [0.25, 0.3) is 0 Å². The van der Waals surface area contributed by atoms with Gasteiger partial charge in [0.2, 0.25) is 0 Å². The highest BCUT2D eigenvalue weighted by atomic mass is 19.1. The molecular formula is C18H18FNO6. The van der Waals surface area contributed by atoms with Gasteiger partial charge in [-0.25, -0.2) is 4.39 Å². The molecule has 0 fully saturated rings. The van der Waals surface area contributed by atoms with E-state index < -0.39 is 24.9 Å². The van der Waals surface area contributed by atoms with Crippen molar-refractivity contribution in [2.75, 3.05) is 25.1 Å². The molecule has 26 heavy (non-hydrogen) atoms. The number of rotatable bonds is 6. The first-order chi connectivity index (χ1) is 12.6. The monoisotopic (exact) mass is 363 g/mol. The summed E-state index contributed by atoms with van der Waals surface area (Å²) in [6, 6.07) is 7.18. The van der Waals surface area contributed by atoms with E-state index in [2.05, 4.69) is 5.32 Å². The Morgan fingerprint density at radius 2 is 1.73 bits per heavy atom. The SMILES string of the molecule is O=C(COc1c(CO)cc(F)cc1CO)Nc1ccc2c(c1)OCCO2. The van der Waals surface area contributed by atoms with E-state index in [4.69, 9.17) is 14.2 Å². The molecule has 0 aromatic heterocycles. The first-order valence-corrected chi connectivity index (χ1v) is 7.96. The number of amides is 1. The predicted molar refractivity (Wildman–Crippen MR) is 89.8 cm³/mol. The van der Waals surface area contributed by atoms with Gasteiger partial charge in [-0.15, -0.1) is 0 Å². The number of ether oxygens (including phenoxy) is 3. The number of hydrogen-bond donors (Lipinski definition) is 3. The Balaban J connectivity index is 1.66. The molecule has 3 rings (SSSR count). The summed E-state index contributed by atoms with van der Waals surface area (Å²) in [7, 11) is 0. The van der Waals surface area contributed by atoms with Crippen molar-refractivity contribution in [1.29, 1.82) is 0 Å². The van der Waals surface area contributed by atoms with E-state index in [0.717, 1.165) is 12.1 Å². The number of benzene rings is 2. The third-order valence-corrected chi connectivity index (χ3v) is 3.72. The van der Waals surface area contributed by atoms with Crippen LogP contribution < -0.4 is 19.5 Å². The molecule has 2 aromatic rings. The van der Waals surface area contributed by atoms with Crippen LogP contribution in [-0.2, 0) is 18.0 Å². The zero-order chi connectivity index (χ0) is 18.5. The molecule has 0 aliphatic carbocycles. The molecule has 1 aliphatic heterocycles. The maximum absolute atomic E-state index is 13.4. The lowest BCUT2D eigenvalue weighted by atomic mass is 10.1. The fourth-order valence-corrected chi connectivity index (χ4v) is 2.59. The van der Waals surface area contributed by atoms with Crippen molar-refractivity contribution in [3.63, 3.8) is 0 Å². The zero-order valence-corrected chi connectivity index (χ0v) is 13.8. The molecule has 0 saturated heterocycles. The smallest absolute Gasteiger partial charge is 0.262 e. The van der Waals surface area contributed by atoms with E-state index in [0.29, 0.717) is 30.4 Å². The molecule has 3 N–H and O–H groups in total. The van der Waals surface area contributed by atoms with Gasteiger partial charge in [0.15, 0.2) is 18.1 Å². The van der Waals surface area contributed by atoms with Crippen LogP contribution in [0.3, 0.4) is 0 Å². The summed E-state index contributed by atoms with van der Waals surface area (Å²) in [5.74, 6) is 0.175. The molecule has 1 amide bonds. The molecular weight excluding hydrogens is 345 g/mol. The summed E-state index contributed by atoms with van der Waals surface area (Å²) in [4.78, 5) is 12.1. The maximum atomic E-state index is 13.4. The molecule has 2 aromatic carbocycles. The molecule has 0 atom stereocenters. The van der Waals surface area contributed by atoms with E-state index in [1.165, 1.54) is 0 Å². The van der Waals surface area contributed by atoms with Crippen LogP contribution in [0, 0.1) is 5.82 Å². The Morgan fingerprint density at radius 3 is 2.38 bits per heavy atom. The Bertz CT molecular complexity index is 785. The third-order valence-electron chi connectivity index (χ3n) is 3.72. The van der Waals surface area contributed by atoms with Crippen molar-refractivity contribution in [2.24, 2.45) is 0 Å². The molecule has 0 unspecified atom stereocenters. The summed E-state index contributed by atoms with van der Waals surface area (Å²) in [5.41, 5.74) is 0.814. The van der Waals surface area contributed by atoms with Gasteiger partial charge < -0.3 is 29.7 Å². The first kappa shape index (κ1) is 18.0. The van der Waals surface area contributed by atoms with Crippen molar-refractivity contribution in [3.05, 3.63) is 47.3 Å². The minimum Gasteiger partial charge on any atom is -0.486 e. The highest BCUT2D eigenvalue weighted by Gasteiger charge is 2.15. The fourth-order valence-electron chi connectivity index (χ4n) is 2.59. The molecule has 0 bridgehead atoms. The van der Waals surface area contributed by atoms with Gasteiger partial charge in [0, 0.05) is 22.9 Å². The number of hydrogen-bond acceptors (Lipinski definition) is 6. The van der Waals surface area contributed by atoms with Crippen LogP contribution in [-0.4, -0.2) is 35.9 Å². The van der Waals surface area contributed by atoms with Gasteiger partial charge in [0.05, 0.1) is 13.2 Å². The van der Waals surface area contributed by atoms with Gasteiger partial charge in [-0.05, 0) is 24.3 Å². The first-order valence-electron chi connectivity index (χ1n) is 7.96. The fraction of sp³-hybridized carbons (Fsp3) is 0.278. The van der Waals surface area contributed by atoms with E-state index in [1.54, 1.807) is 18.2 Å². The van der Waals surface area contributed by atoms with Crippen molar-refractivity contribution in [2.45, 2.75) is 13.2 Å². The quantitative estimate of drug-likeness (QED) is 0.721.